The molecular formula is C22H23N3O2. The van der Waals surface area contributed by atoms with Crippen molar-refractivity contribution in [1.82, 2.24) is 15.5 Å². The summed E-state index contributed by atoms with van der Waals surface area (Å²) in [6, 6.07) is 10.5. The number of rotatable bonds is 4. The summed E-state index contributed by atoms with van der Waals surface area (Å²) >= 11 is 0. The zero-order valence-electron chi connectivity index (χ0n) is 15.5. The van der Waals surface area contributed by atoms with E-state index in [4.69, 9.17) is 4.52 Å². The number of hydrogen-bond donors (Lipinski definition) is 1. The average Bonchev–Trinajstić information content (AvgIpc) is 3.49. The number of nitrogens with one attached hydrogen (secondary N) is 1. The second kappa shape index (κ2) is 6.48. The maximum atomic E-state index is 13.1. The molecule has 2 aromatic heterocycles. The van der Waals surface area contributed by atoms with Gasteiger partial charge in [-0.05, 0) is 56.2 Å². The first-order valence-electron chi connectivity index (χ1n) is 9.83. The first-order valence-corrected chi connectivity index (χ1v) is 9.83. The van der Waals surface area contributed by atoms with Crippen molar-refractivity contribution in [1.29, 1.82) is 0 Å². The number of carbonyl (C=O) groups excluding carboxylic acids is 1. The molecule has 1 fully saturated rings. The van der Waals surface area contributed by atoms with Crippen molar-refractivity contribution in [3.05, 3.63) is 58.4 Å². The third-order valence-corrected chi connectivity index (χ3v) is 5.88. The van der Waals surface area contributed by atoms with E-state index in [1.54, 1.807) is 0 Å². The van der Waals surface area contributed by atoms with Gasteiger partial charge in [0.2, 0.25) is 0 Å². The topological polar surface area (TPSA) is 68.0 Å². The van der Waals surface area contributed by atoms with Gasteiger partial charge in [-0.3, -0.25) is 4.79 Å². The van der Waals surface area contributed by atoms with Crippen molar-refractivity contribution in [2.75, 3.05) is 6.54 Å². The van der Waals surface area contributed by atoms with Gasteiger partial charge in [-0.15, -0.1) is 0 Å². The Hall–Kier alpha value is -2.69. The van der Waals surface area contributed by atoms with Crippen LogP contribution < -0.4 is 5.32 Å². The molecule has 1 saturated carbocycles. The monoisotopic (exact) mass is 361 g/mol. The van der Waals surface area contributed by atoms with E-state index in [1.807, 2.05) is 13.0 Å². The summed E-state index contributed by atoms with van der Waals surface area (Å²) in [5, 5.41) is 7.93. The van der Waals surface area contributed by atoms with Gasteiger partial charge in [-0.1, -0.05) is 29.4 Å². The van der Waals surface area contributed by atoms with Crippen LogP contribution in [0, 0.1) is 6.92 Å². The number of amides is 1. The minimum absolute atomic E-state index is 0.0568. The Kier molecular flexibility index (Phi) is 3.96. The molecule has 5 heteroatoms. The average molecular weight is 361 g/mol. The van der Waals surface area contributed by atoms with Crippen molar-refractivity contribution in [2.24, 2.45) is 0 Å². The SMILES string of the molecule is Cc1noc2nc(C3CC3)cc(C(=O)NCC3CCCc4ccccc43)c12. The first-order chi connectivity index (χ1) is 13.2. The second-order valence-electron chi connectivity index (χ2n) is 7.82. The van der Waals surface area contributed by atoms with Gasteiger partial charge in [-0.25, -0.2) is 4.98 Å². The van der Waals surface area contributed by atoms with Crippen LogP contribution in [0.5, 0.6) is 0 Å². The van der Waals surface area contributed by atoms with Crippen LogP contribution in [0.1, 0.15) is 70.4 Å². The molecule has 2 aliphatic carbocycles. The highest BCUT2D eigenvalue weighted by Crippen LogP contribution is 2.40. The van der Waals surface area contributed by atoms with Crippen LogP contribution in [0.25, 0.3) is 11.1 Å². The number of aromatic nitrogens is 2. The molecule has 0 spiro atoms. The third-order valence-electron chi connectivity index (χ3n) is 5.88. The van der Waals surface area contributed by atoms with E-state index in [-0.39, 0.29) is 5.91 Å². The molecule has 5 rings (SSSR count). The molecule has 27 heavy (non-hydrogen) atoms. The van der Waals surface area contributed by atoms with E-state index in [1.165, 1.54) is 17.5 Å². The number of hydrogen-bond acceptors (Lipinski definition) is 4. The molecular weight excluding hydrogens is 338 g/mol. The lowest BCUT2D eigenvalue weighted by atomic mass is 9.83. The van der Waals surface area contributed by atoms with Gasteiger partial charge >= 0.3 is 0 Å². The van der Waals surface area contributed by atoms with E-state index in [9.17, 15) is 4.79 Å². The normalized spacial score (nSPS) is 19.1. The minimum Gasteiger partial charge on any atom is -0.351 e. The highest BCUT2D eigenvalue weighted by molar-refractivity contribution is 6.06. The molecule has 2 heterocycles. The number of aryl methyl sites for hydroxylation is 2. The lowest BCUT2D eigenvalue weighted by molar-refractivity contribution is 0.0951. The molecule has 1 N–H and O–H groups in total. The van der Waals surface area contributed by atoms with Gasteiger partial charge in [0, 0.05) is 24.1 Å². The minimum atomic E-state index is -0.0568. The Morgan fingerprint density at radius 1 is 1.26 bits per heavy atom. The summed E-state index contributed by atoms with van der Waals surface area (Å²) in [5.41, 5.74) is 5.58. The fourth-order valence-corrected chi connectivity index (χ4v) is 4.26. The quantitative estimate of drug-likeness (QED) is 0.754. The number of fused-ring (bicyclic) bond motifs is 2. The molecule has 0 saturated heterocycles. The smallest absolute Gasteiger partial charge is 0.259 e. The molecule has 1 amide bonds. The van der Waals surface area contributed by atoms with Crippen LogP contribution in [-0.2, 0) is 6.42 Å². The summed E-state index contributed by atoms with van der Waals surface area (Å²) in [6.45, 7) is 2.52. The Balaban J connectivity index is 1.41. The number of carbonyl (C=O) groups is 1. The largest absolute Gasteiger partial charge is 0.351 e. The predicted octanol–water partition coefficient (Wildman–Crippen LogP) is 4.26. The van der Waals surface area contributed by atoms with Crippen molar-refractivity contribution in [2.45, 2.75) is 50.9 Å². The van der Waals surface area contributed by atoms with Crippen LogP contribution in [0.4, 0.5) is 0 Å². The Morgan fingerprint density at radius 3 is 2.96 bits per heavy atom. The summed E-state index contributed by atoms with van der Waals surface area (Å²) in [7, 11) is 0. The van der Waals surface area contributed by atoms with Gasteiger partial charge in [0.25, 0.3) is 11.6 Å². The highest BCUT2D eigenvalue weighted by Gasteiger charge is 2.29. The zero-order valence-corrected chi connectivity index (χ0v) is 15.5. The van der Waals surface area contributed by atoms with Crippen LogP contribution in [-0.4, -0.2) is 22.6 Å². The van der Waals surface area contributed by atoms with Gasteiger partial charge in [-0.2, -0.15) is 0 Å². The molecule has 0 radical (unpaired) electrons. The second-order valence-corrected chi connectivity index (χ2v) is 7.82. The van der Waals surface area contributed by atoms with Crippen molar-refractivity contribution < 1.29 is 9.32 Å². The number of nitrogens with zero attached hydrogens (tertiary/aromatic N) is 2. The fraction of sp³-hybridized carbons (Fsp3) is 0.409. The lowest BCUT2D eigenvalue weighted by Gasteiger charge is -2.25. The molecule has 0 aliphatic heterocycles. The summed E-state index contributed by atoms with van der Waals surface area (Å²) in [4.78, 5) is 17.6. The molecule has 5 nitrogen and oxygen atoms in total. The molecule has 3 aromatic rings. The van der Waals surface area contributed by atoms with E-state index in [0.29, 0.717) is 35.4 Å². The van der Waals surface area contributed by atoms with E-state index >= 15 is 0 Å². The summed E-state index contributed by atoms with van der Waals surface area (Å²) < 4.78 is 5.36. The molecule has 1 unspecified atom stereocenters. The van der Waals surface area contributed by atoms with Gasteiger partial charge in [0.15, 0.2) is 0 Å². The maximum Gasteiger partial charge on any atom is 0.259 e. The van der Waals surface area contributed by atoms with E-state index in [0.717, 1.165) is 36.8 Å². The molecule has 2 aliphatic rings. The standard InChI is InChI=1S/C22H23N3O2/c1-13-20-18(11-19(15-9-10-15)24-22(20)27-25-13)21(26)23-12-16-7-4-6-14-5-2-3-8-17(14)16/h2-3,5,8,11,15-16H,4,6-7,9-10,12H2,1H3,(H,23,26). The van der Waals surface area contributed by atoms with Crippen LogP contribution in [0.15, 0.2) is 34.9 Å². The fourth-order valence-electron chi connectivity index (χ4n) is 4.26. The van der Waals surface area contributed by atoms with Gasteiger partial charge in [0.1, 0.15) is 0 Å². The van der Waals surface area contributed by atoms with Crippen LogP contribution >= 0.6 is 0 Å². The van der Waals surface area contributed by atoms with Crippen molar-refractivity contribution >= 4 is 17.0 Å². The Labute approximate surface area is 158 Å². The molecule has 138 valence electrons. The predicted molar refractivity (Wildman–Crippen MR) is 103 cm³/mol. The van der Waals surface area contributed by atoms with Crippen molar-refractivity contribution in [3.63, 3.8) is 0 Å². The lowest BCUT2D eigenvalue weighted by Crippen LogP contribution is -2.30. The van der Waals surface area contributed by atoms with Crippen molar-refractivity contribution in [3.8, 4) is 0 Å². The van der Waals surface area contributed by atoms with Crippen LogP contribution in [0.3, 0.4) is 0 Å². The zero-order chi connectivity index (χ0) is 18.4. The van der Waals surface area contributed by atoms with E-state index < -0.39 is 0 Å². The van der Waals surface area contributed by atoms with Gasteiger partial charge in [0.05, 0.1) is 16.6 Å². The molecule has 1 atom stereocenters. The number of pyridine rings is 1. The van der Waals surface area contributed by atoms with Gasteiger partial charge < -0.3 is 9.84 Å². The summed E-state index contributed by atoms with van der Waals surface area (Å²) in [5.74, 6) is 0.776. The highest BCUT2D eigenvalue weighted by atomic mass is 16.5. The number of benzene rings is 1. The Bertz CT molecular complexity index is 1020. The van der Waals surface area contributed by atoms with Crippen LogP contribution in [0.2, 0.25) is 0 Å². The Morgan fingerprint density at radius 2 is 2.11 bits per heavy atom. The summed E-state index contributed by atoms with van der Waals surface area (Å²) in [6.07, 6.45) is 5.68. The molecule has 0 bridgehead atoms. The third kappa shape index (κ3) is 3.01. The van der Waals surface area contributed by atoms with E-state index in [2.05, 4.69) is 39.7 Å². The first kappa shape index (κ1) is 16.5. The molecule has 1 aromatic carbocycles. The maximum absolute atomic E-state index is 13.1.